The highest BCUT2D eigenvalue weighted by atomic mass is 35.5. The molecule has 8 nitrogen and oxygen atoms in total. The molecule has 2 aromatic carbocycles. The number of carbonyl (C=O) groups excluding carboxylic acids is 3. The number of hydrogen-bond acceptors (Lipinski definition) is 4. The third-order valence-electron chi connectivity index (χ3n) is 6.90. The number of nitrogens with one attached hydrogen (secondary N) is 2. The smallest absolute Gasteiger partial charge is 0.255 e. The minimum absolute atomic E-state index is 0.0310. The molecule has 0 spiro atoms. The summed E-state index contributed by atoms with van der Waals surface area (Å²) in [5.41, 5.74) is 2.35. The van der Waals surface area contributed by atoms with Gasteiger partial charge in [0.05, 0.1) is 24.6 Å². The second-order valence-corrected chi connectivity index (χ2v) is 11.0. The summed E-state index contributed by atoms with van der Waals surface area (Å²) in [6.07, 6.45) is 4.16. The molecular weight excluding hydrogens is 516 g/mol. The minimum Gasteiger partial charge on any atom is -0.491 e. The fourth-order valence-electron chi connectivity index (χ4n) is 5.04. The average molecular weight is 553 g/mol. The van der Waals surface area contributed by atoms with Gasteiger partial charge in [0.1, 0.15) is 12.4 Å². The van der Waals surface area contributed by atoms with Crippen molar-refractivity contribution in [2.75, 3.05) is 26.2 Å². The molecule has 1 atom stereocenters. The highest BCUT2D eigenvalue weighted by Gasteiger charge is 2.23. The molecule has 1 aliphatic heterocycles. The number of carbonyl (C=O) groups is 3. The normalized spacial score (nSPS) is 17.6. The van der Waals surface area contributed by atoms with Crippen LogP contribution in [0.15, 0.2) is 48.7 Å². The second-order valence-electron chi connectivity index (χ2n) is 10.6. The van der Waals surface area contributed by atoms with E-state index in [9.17, 15) is 14.4 Å². The summed E-state index contributed by atoms with van der Waals surface area (Å²) in [7, 11) is 1.96. The quantitative estimate of drug-likeness (QED) is 0.504. The minimum atomic E-state index is -0.288. The Bertz CT molecular complexity index is 1340. The molecule has 208 valence electrons. The number of fused-ring (bicyclic) bond motifs is 2. The van der Waals surface area contributed by atoms with Crippen molar-refractivity contribution in [3.8, 4) is 5.75 Å². The van der Waals surface area contributed by atoms with E-state index >= 15 is 0 Å². The van der Waals surface area contributed by atoms with Gasteiger partial charge < -0.3 is 24.8 Å². The number of nitrogens with zero attached hydrogens (tertiary/aromatic N) is 2. The first-order chi connectivity index (χ1) is 18.7. The first-order valence-electron chi connectivity index (χ1n) is 13.5. The Labute approximate surface area is 234 Å². The molecule has 3 amide bonds. The molecule has 1 aliphatic rings. The molecule has 0 saturated heterocycles. The van der Waals surface area contributed by atoms with Gasteiger partial charge in [-0.2, -0.15) is 0 Å². The van der Waals surface area contributed by atoms with Gasteiger partial charge >= 0.3 is 0 Å². The van der Waals surface area contributed by atoms with E-state index in [2.05, 4.69) is 24.5 Å². The van der Waals surface area contributed by atoms with Crippen LogP contribution in [0, 0.1) is 5.92 Å². The fraction of sp³-hybridized carbons (Fsp3) is 0.433. The molecule has 0 saturated carbocycles. The van der Waals surface area contributed by atoms with Crippen LogP contribution in [0.5, 0.6) is 5.75 Å². The zero-order valence-corrected chi connectivity index (χ0v) is 23.6. The summed E-state index contributed by atoms with van der Waals surface area (Å²) in [6.45, 7) is 5.15. The van der Waals surface area contributed by atoms with Crippen LogP contribution in [-0.4, -0.2) is 59.5 Å². The number of benzene rings is 2. The van der Waals surface area contributed by atoms with E-state index in [1.807, 2.05) is 42.1 Å². The van der Waals surface area contributed by atoms with Gasteiger partial charge in [0, 0.05) is 42.3 Å². The number of amides is 3. The van der Waals surface area contributed by atoms with Crippen molar-refractivity contribution in [1.29, 1.82) is 0 Å². The lowest BCUT2D eigenvalue weighted by Crippen LogP contribution is -2.47. The van der Waals surface area contributed by atoms with Gasteiger partial charge in [0.2, 0.25) is 11.8 Å². The van der Waals surface area contributed by atoms with Crippen LogP contribution >= 0.6 is 11.6 Å². The summed E-state index contributed by atoms with van der Waals surface area (Å²) >= 11 is 6.16. The van der Waals surface area contributed by atoms with Crippen molar-refractivity contribution in [3.05, 3.63) is 64.8 Å². The van der Waals surface area contributed by atoms with Crippen LogP contribution in [0.4, 0.5) is 0 Å². The summed E-state index contributed by atoms with van der Waals surface area (Å²) in [5.74, 6) is 0.125. The van der Waals surface area contributed by atoms with Crippen molar-refractivity contribution in [2.45, 2.75) is 45.6 Å². The molecule has 2 heterocycles. The Hall–Kier alpha value is -3.52. The van der Waals surface area contributed by atoms with Crippen LogP contribution in [0.3, 0.4) is 0 Å². The molecule has 9 heteroatoms. The zero-order chi connectivity index (χ0) is 27.9. The van der Waals surface area contributed by atoms with Crippen molar-refractivity contribution in [2.24, 2.45) is 13.0 Å². The Kier molecular flexibility index (Phi) is 9.51. The third-order valence-corrected chi connectivity index (χ3v) is 7.13. The van der Waals surface area contributed by atoms with Crippen LogP contribution in [-0.2, 0) is 23.1 Å². The van der Waals surface area contributed by atoms with Crippen molar-refractivity contribution in [3.63, 3.8) is 0 Å². The molecule has 39 heavy (non-hydrogen) atoms. The SMILES string of the molecule is CC(C)C[C@H]1COc2ccc(Cl)cc2C(=O)NCCCCN(C(=O)Cc2cn(C)c3ccccc23)CC(=O)N1. The van der Waals surface area contributed by atoms with Gasteiger partial charge in [-0.3, -0.25) is 14.4 Å². The topological polar surface area (TPSA) is 92.7 Å². The summed E-state index contributed by atoms with van der Waals surface area (Å²) in [6, 6.07) is 12.6. The molecule has 2 N–H and O–H groups in total. The number of rotatable bonds is 4. The van der Waals surface area contributed by atoms with E-state index in [1.54, 1.807) is 23.1 Å². The Morgan fingerprint density at radius 1 is 1.15 bits per heavy atom. The van der Waals surface area contributed by atoms with Crippen molar-refractivity contribution < 1.29 is 19.1 Å². The van der Waals surface area contributed by atoms with E-state index in [-0.39, 0.29) is 43.3 Å². The highest BCUT2D eigenvalue weighted by Crippen LogP contribution is 2.24. The average Bonchev–Trinajstić information content (AvgIpc) is 3.20. The molecule has 3 aromatic rings. The Morgan fingerprint density at radius 3 is 2.74 bits per heavy atom. The molecular formula is C30H37ClN4O4. The number of ether oxygens (including phenoxy) is 1. The van der Waals surface area contributed by atoms with Gasteiger partial charge in [-0.1, -0.05) is 43.6 Å². The van der Waals surface area contributed by atoms with Crippen LogP contribution in [0.2, 0.25) is 5.02 Å². The van der Waals surface area contributed by atoms with E-state index in [0.717, 1.165) is 16.5 Å². The van der Waals surface area contributed by atoms with Gasteiger partial charge in [0.25, 0.3) is 5.91 Å². The van der Waals surface area contributed by atoms with Gasteiger partial charge in [0.15, 0.2) is 0 Å². The fourth-order valence-corrected chi connectivity index (χ4v) is 5.21. The monoisotopic (exact) mass is 552 g/mol. The maximum atomic E-state index is 13.5. The zero-order valence-electron chi connectivity index (χ0n) is 22.8. The largest absolute Gasteiger partial charge is 0.491 e. The maximum Gasteiger partial charge on any atom is 0.255 e. The Morgan fingerprint density at radius 2 is 1.95 bits per heavy atom. The standard InChI is InChI=1S/C30H37ClN4O4/c1-20(2)14-23-19-39-27-11-10-22(31)16-25(27)30(38)32-12-6-7-13-35(18-28(36)33-23)29(37)15-21-17-34(3)26-9-5-4-8-24(21)26/h4-5,8-11,16-17,20,23H,6-7,12-15,18-19H2,1-3H3,(H,32,38)(H,33,36)/t23-/m0/s1. The van der Waals surface area contributed by atoms with Gasteiger partial charge in [-0.15, -0.1) is 0 Å². The second kappa shape index (κ2) is 13.0. The van der Waals surface area contributed by atoms with Crippen LogP contribution in [0.25, 0.3) is 10.9 Å². The van der Waals surface area contributed by atoms with Crippen molar-refractivity contribution >= 4 is 40.2 Å². The predicted octanol–water partition coefficient (Wildman–Crippen LogP) is 4.34. The van der Waals surface area contributed by atoms with Crippen molar-refractivity contribution in [1.82, 2.24) is 20.1 Å². The molecule has 0 fully saturated rings. The van der Waals surface area contributed by atoms with E-state index in [0.29, 0.717) is 54.6 Å². The number of para-hydroxylation sites is 1. The number of aryl methyl sites for hydroxylation is 1. The van der Waals surface area contributed by atoms with Crippen LogP contribution in [0.1, 0.15) is 49.0 Å². The van der Waals surface area contributed by atoms with E-state index < -0.39 is 0 Å². The Balaban J connectivity index is 1.53. The molecule has 4 rings (SSSR count). The number of aromatic nitrogens is 1. The predicted molar refractivity (Wildman–Crippen MR) is 153 cm³/mol. The van der Waals surface area contributed by atoms with E-state index in [1.165, 1.54) is 0 Å². The molecule has 0 aliphatic carbocycles. The van der Waals surface area contributed by atoms with Gasteiger partial charge in [-0.05, 0) is 55.0 Å². The summed E-state index contributed by atoms with van der Waals surface area (Å²) in [4.78, 5) is 41.2. The molecule has 0 bridgehead atoms. The molecule has 1 aromatic heterocycles. The lowest BCUT2D eigenvalue weighted by atomic mass is 10.0. The third kappa shape index (κ3) is 7.53. The summed E-state index contributed by atoms with van der Waals surface area (Å²) in [5, 5.41) is 7.47. The van der Waals surface area contributed by atoms with E-state index in [4.69, 9.17) is 16.3 Å². The van der Waals surface area contributed by atoms with Crippen LogP contribution < -0.4 is 15.4 Å². The molecule has 0 radical (unpaired) electrons. The lowest BCUT2D eigenvalue weighted by Gasteiger charge is -2.25. The number of halogens is 1. The first-order valence-corrected chi connectivity index (χ1v) is 13.9. The first kappa shape index (κ1) is 28.5. The molecule has 0 unspecified atom stereocenters. The maximum absolute atomic E-state index is 13.5. The highest BCUT2D eigenvalue weighted by molar-refractivity contribution is 6.31. The van der Waals surface area contributed by atoms with Gasteiger partial charge in [-0.25, -0.2) is 0 Å². The number of hydrogen-bond donors (Lipinski definition) is 2. The summed E-state index contributed by atoms with van der Waals surface area (Å²) < 4.78 is 8.05. The lowest BCUT2D eigenvalue weighted by molar-refractivity contribution is -0.136.